The molecule has 65 heavy (non-hydrogen) atoms. The predicted molar refractivity (Wildman–Crippen MR) is 247 cm³/mol. The van der Waals surface area contributed by atoms with E-state index < -0.39 is 10.1 Å². The average molecular weight is 920 g/mol. The first-order valence-electron chi connectivity index (χ1n) is 19.9. The molecule has 0 bridgehead atoms. The molecule has 0 aliphatic carbocycles. The maximum Gasteiger partial charge on any atom is 0.294 e. The van der Waals surface area contributed by atoms with Crippen molar-refractivity contribution in [1.29, 1.82) is 10.8 Å². The second-order valence-corrected chi connectivity index (χ2v) is 16.8. The molecule has 9 rings (SSSR count). The van der Waals surface area contributed by atoms with Crippen molar-refractivity contribution in [3.63, 3.8) is 0 Å². The van der Waals surface area contributed by atoms with E-state index in [-0.39, 0.29) is 74.8 Å². The summed E-state index contributed by atoms with van der Waals surface area (Å²) < 4.78 is 29.2. The van der Waals surface area contributed by atoms with Crippen molar-refractivity contribution in [2.24, 2.45) is 9.98 Å². The number of benzene rings is 3. The zero-order chi connectivity index (χ0) is 48.2. The number of aromatic hydroxyl groups is 3. The fourth-order valence-electron chi connectivity index (χ4n) is 6.92. The third-order valence-electron chi connectivity index (χ3n) is 10.3. The Hall–Kier alpha value is -7.80. The van der Waals surface area contributed by atoms with Gasteiger partial charge in [0.25, 0.3) is 27.5 Å². The molecule has 3 aromatic carbocycles. The molecule has 16 N–H and O–H groups in total. The number of nitrogens with two attached hydrogens (primary N) is 5. The van der Waals surface area contributed by atoms with Crippen molar-refractivity contribution in [3.8, 4) is 17.2 Å². The van der Waals surface area contributed by atoms with Crippen LogP contribution in [0.1, 0.15) is 36.0 Å². The van der Waals surface area contributed by atoms with Crippen LogP contribution in [0.4, 0.5) is 39.9 Å². The van der Waals surface area contributed by atoms with Crippen LogP contribution in [0, 0.1) is 31.6 Å². The van der Waals surface area contributed by atoms with E-state index in [4.69, 9.17) is 49.1 Å². The minimum absolute atomic E-state index is 0.0867. The van der Waals surface area contributed by atoms with E-state index in [1.54, 1.807) is 57.5 Å². The number of hydrazine groups is 2. The van der Waals surface area contributed by atoms with Gasteiger partial charge in [0.05, 0.1) is 29.0 Å². The summed E-state index contributed by atoms with van der Waals surface area (Å²) in [6.45, 7) is 9.37. The number of hydrogen-bond donors (Lipinski definition) is 11. The molecule has 6 heterocycles. The van der Waals surface area contributed by atoms with Gasteiger partial charge in [-0.2, -0.15) is 8.42 Å². The van der Waals surface area contributed by atoms with Crippen molar-refractivity contribution in [3.05, 3.63) is 69.5 Å². The van der Waals surface area contributed by atoms with Gasteiger partial charge >= 0.3 is 0 Å². The van der Waals surface area contributed by atoms with Gasteiger partial charge in [0.15, 0.2) is 23.1 Å². The summed E-state index contributed by atoms with van der Waals surface area (Å²) in [5.41, 5.74) is 32.2. The smallest absolute Gasteiger partial charge is 0.294 e. The lowest BCUT2D eigenvalue weighted by atomic mass is 10.1. The molecule has 4 saturated heterocycles. The van der Waals surface area contributed by atoms with Crippen LogP contribution in [0.3, 0.4) is 0 Å². The largest absolute Gasteiger partial charge is 0.508 e. The second kappa shape index (κ2) is 19.3. The number of aromatic nitrogens is 2. The zero-order valence-corrected chi connectivity index (χ0v) is 36.9. The summed E-state index contributed by atoms with van der Waals surface area (Å²) in [7, 11) is -3.67. The Balaban J connectivity index is 0.000000164. The molecule has 0 radical (unpaired) electrons. The average Bonchev–Trinajstić information content (AvgIpc) is 4.10. The number of rotatable bonds is 2. The van der Waals surface area contributed by atoms with Crippen molar-refractivity contribution >= 4 is 85.0 Å². The normalized spacial score (nSPS) is 17.2. The maximum absolute atomic E-state index is 12.2. The standard InChI is InChI=1S/2C13H15N5O2.C7H9NO.C6H10N4O.CH4O3S/c2*1-7-5-9(8(14)6-10(7)19)16-11-12(15)17-3-2-4-18(17)13(11)20;1-5-2-3-6(8)4-7(5)9;7-4-5(8)9-2-1-3-10(9)6(4)11;1-5(2,3)4/h2*5-6,15,19H,2-4,14H2,1H3;2-4,9H,8H2,1H3;1-3,7-8H2;1H3,(H,2,3,4). The van der Waals surface area contributed by atoms with Gasteiger partial charge < -0.3 is 44.0 Å². The first-order chi connectivity index (χ1) is 30.4. The Morgan fingerprint density at radius 3 is 1.35 bits per heavy atom. The van der Waals surface area contributed by atoms with Gasteiger partial charge in [-0.3, -0.25) is 44.5 Å². The third kappa shape index (κ3) is 10.9. The van der Waals surface area contributed by atoms with Crippen LogP contribution in [0.2, 0.25) is 0 Å². The Morgan fingerprint density at radius 2 is 0.969 bits per heavy atom. The summed E-state index contributed by atoms with van der Waals surface area (Å²) in [5, 5.41) is 50.5. The molecule has 0 saturated carbocycles. The number of phenolic OH excluding ortho intramolecular Hbond substituents is 3. The van der Waals surface area contributed by atoms with E-state index in [0.717, 1.165) is 37.9 Å². The Kier molecular flexibility index (Phi) is 14.3. The van der Waals surface area contributed by atoms with Gasteiger partial charge in [0, 0.05) is 63.2 Å². The summed E-state index contributed by atoms with van der Waals surface area (Å²) in [6, 6.07) is 11.1. The third-order valence-corrected chi connectivity index (χ3v) is 10.3. The number of aryl methyl sites for hydroxylation is 3. The number of carbonyl (C=O) groups excluding carboxylic acids is 2. The number of nitrogens with zero attached hydrogens (tertiary/aromatic N) is 8. The molecule has 1 aromatic heterocycles. The highest BCUT2D eigenvalue weighted by molar-refractivity contribution is 7.85. The fraction of sp³-hybridized carbons (Fsp3) is 0.325. The van der Waals surface area contributed by atoms with E-state index in [9.17, 15) is 33.0 Å². The maximum atomic E-state index is 12.2. The Morgan fingerprint density at radius 1 is 0.585 bits per heavy atom. The summed E-state index contributed by atoms with van der Waals surface area (Å²) in [4.78, 5) is 44.0. The number of nitrogen functional groups attached to an aromatic ring is 5. The first kappa shape index (κ1) is 48.2. The minimum Gasteiger partial charge on any atom is -0.508 e. The van der Waals surface area contributed by atoms with Gasteiger partial charge in [-0.25, -0.2) is 24.7 Å². The number of fused-ring (bicyclic) bond motifs is 3. The highest BCUT2D eigenvalue weighted by atomic mass is 32.2. The SMILES string of the molecule is CS(=O)(=O)O.Cc1cc(N=C2C(=N)N3CCCN3C2=O)c(N)cc1O.Cc1cc(N=C2C(=N)N3CCCN3C2=O)c(N)cc1O.Cc1ccc(N)cc1O.Nc1c(N)n2n(c1=O)CCC2. The van der Waals surface area contributed by atoms with Gasteiger partial charge in [0.1, 0.15) is 28.8 Å². The van der Waals surface area contributed by atoms with E-state index in [1.807, 2.05) is 6.92 Å². The van der Waals surface area contributed by atoms with Gasteiger partial charge in [0.2, 0.25) is 0 Å². The number of hydrogen-bond acceptors (Lipinski definition) is 17. The van der Waals surface area contributed by atoms with Crippen LogP contribution >= 0.6 is 0 Å². The van der Waals surface area contributed by atoms with E-state index >= 15 is 0 Å². The van der Waals surface area contributed by atoms with Crippen molar-refractivity contribution in [2.45, 2.75) is 53.1 Å². The Labute approximate surface area is 373 Å². The van der Waals surface area contributed by atoms with Gasteiger partial charge in [-0.05, 0) is 74.9 Å². The molecule has 0 spiro atoms. The van der Waals surface area contributed by atoms with Crippen LogP contribution in [0.25, 0.3) is 0 Å². The number of phenols is 3. The van der Waals surface area contributed by atoms with Crippen molar-refractivity contribution in [2.75, 3.05) is 61.1 Å². The molecule has 5 aliphatic heterocycles. The summed E-state index contributed by atoms with van der Waals surface area (Å²) in [6.07, 6.45) is 3.41. The molecular weight excluding hydrogens is 867 g/mol. The molecule has 5 aliphatic rings. The highest BCUT2D eigenvalue weighted by Crippen LogP contribution is 2.33. The highest BCUT2D eigenvalue weighted by Gasteiger charge is 2.43. The fourth-order valence-corrected chi connectivity index (χ4v) is 6.92. The molecule has 348 valence electrons. The molecule has 4 aromatic rings. The monoisotopic (exact) mass is 919 g/mol. The van der Waals surface area contributed by atoms with Crippen LogP contribution in [-0.4, -0.2) is 125 Å². The topological polar surface area (TPSA) is 392 Å². The molecule has 4 fully saturated rings. The summed E-state index contributed by atoms with van der Waals surface area (Å²) >= 11 is 0. The van der Waals surface area contributed by atoms with Crippen molar-refractivity contribution < 1.29 is 37.9 Å². The molecule has 2 amide bonds. The first-order valence-corrected chi connectivity index (χ1v) is 21.8. The lowest BCUT2D eigenvalue weighted by Gasteiger charge is -2.17. The molecule has 24 nitrogen and oxygen atoms in total. The zero-order valence-electron chi connectivity index (χ0n) is 36.1. The van der Waals surface area contributed by atoms with E-state index in [1.165, 1.54) is 28.2 Å². The molecular formula is C40H53N15O9S. The molecule has 0 atom stereocenters. The number of amides is 2. The van der Waals surface area contributed by atoms with Crippen LogP contribution in [0.15, 0.2) is 57.2 Å². The number of amidine groups is 2. The van der Waals surface area contributed by atoms with Crippen LogP contribution < -0.4 is 34.2 Å². The summed E-state index contributed by atoms with van der Waals surface area (Å²) in [5.74, 6) is 0.528. The van der Waals surface area contributed by atoms with Crippen LogP contribution in [0.5, 0.6) is 17.2 Å². The second-order valence-electron chi connectivity index (χ2n) is 15.3. The quantitative estimate of drug-likeness (QED) is 0.100. The number of carbonyl (C=O) groups is 2. The van der Waals surface area contributed by atoms with E-state index in [2.05, 4.69) is 9.98 Å². The minimum atomic E-state index is -3.67. The predicted octanol–water partition coefficient (Wildman–Crippen LogP) is 1.60. The number of nitrogens with one attached hydrogen (secondary N) is 2. The van der Waals surface area contributed by atoms with Crippen LogP contribution in [-0.2, 0) is 32.8 Å². The number of aliphatic imine (C=N–C) groups is 2. The molecule has 0 unspecified atom stereocenters. The van der Waals surface area contributed by atoms with Crippen molar-refractivity contribution in [1.82, 2.24) is 29.4 Å². The van der Waals surface area contributed by atoms with Gasteiger partial charge in [-0.15, -0.1) is 0 Å². The lowest BCUT2D eigenvalue weighted by molar-refractivity contribution is -0.129. The Bertz CT molecular complexity index is 2630. The molecule has 25 heteroatoms. The number of anilines is 5. The van der Waals surface area contributed by atoms with Gasteiger partial charge in [-0.1, -0.05) is 6.07 Å². The lowest BCUT2D eigenvalue weighted by Crippen LogP contribution is -2.33. The van der Waals surface area contributed by atoms with E-state index in [0.29, 0.717) is 66.4 Å².